The van der Waals surface area contributed by atoms with Gasteiger partial charge in [-0.15, -0.1) is 0 Å². The summed E-state index contributed by atoms with van der Waals surface area (Å²) in [5.74, 6) is 0. The minimum Gasteiger partial charge on any atom is -0.394 e. The maximum atomic E-state index is 10.3. The molecule has 1 aliphatic rings. The number of piperidine rings is 1. The Balaban J connectivity index is 1.78. The van der Waals surface area contributed by atoms with Crippen molar-refractivity contribution in [1.82, 2.24) is 4.90 Å². The molecule has 1 heterocycles. The van der Waals surface area contributed by atoms with Gasteiger partial charge >= 0.3 is 0 Å². The molecule has 5 nitrogen and oxygen atoms in total. The Labute approximate surface area is 125 Å². The molecule has 0 spiro atoms. The van der Waals surface area contributed by atoms with Crippen LogP contribution in [0.3, 0.4) is 0 Å². The number of aliphatic hydroxyl groups excluding tert-OH is 2. The number of benzene rings is 1. The molecule has 21 heavy (non-hydrogen) atoms. The van der Waals surface area contributed by atoms with E-state index in [0.29, 0.717) is 18.7 Å². The van der Waals surface area contributed by atoms with Crippen LogP contribution < -0.4 is 0 Å². The molecule has 2 rings (SSSR count). The van der Waals surface area contributed by atoms with Gasteiger partial charge in [-0.1, -0.05) is 12.1 Å². The Morgan fingerprint density at radius 3 is 2.52 bits per heavy atom. The average molecular weight is 290 g/mol. The summed E-state index contributed by atoms with van der Waals surface area (Å²) in [5.41, 5.74) is 1.44. The first-order chi connectivity index (χ1) is 10.2. The molecule has 1 aliphatic heterocycles. The van der Waals surface area contributed by atoms with E-state index in [4.69, 9.17) is 15.1 Å². The Hall–Kier alpha value is -1.45. The lowest BCUT2D eigenvalue weighted by Gasteiger charge is -2.33. The van der Waals surface area contributed by atoms with E-state index in [0.717, 1.165) is 31.5 Å². The number of β-amino-alcohol motifs (C(OH)–C–C–N with tert-alkyl or cyclic N) is 1. The summed E-state index contributed by atoms with van der Waals surface area (Å²) >= 11 is 0. The van der Waals surface area contributed by atoms with Gasteiger partial charge in [-0.3, -0.25) is 0 Å². The van der Waals surface area contributed by atoms with Crippen LogP contribution in [0.5, 0.6) is 0 Å². The van der Waals surface area contributed by atoms with Crippen LogP contribution in [0.2, 0.25) is 0 Å². The van der Waals surface area contributed by atoms with Gasteiger partial charge in [0.05, 0.1) is 37.1 Å². The third-order valence-corrected chi connectivity index (χ3v) is 3.84. The minimum absolute atomic E-state index is 0.0671. The van der Waals surface area contributed by atoms with Gasteiger partial charge in [0.15, 0.2) is 0 Å². The fraction of sp³-hybridized carbons (Fsp3) is 0.562. The van der Waals surface area contributed by atoms with Crippen molar-refractivity contribution in [3.05, 3.63) is 35.4 Å². The predicted molar refractivity (Wildman–Crippen MR) is 78.6 cm³/mol. The largest absolute Gasteiger partial charge is 0.394 e. The minimum atomic E-state index is -0.535. The highest BCUT2D eigenvalue weighted by atomic mass is 16.5. The summed E-state index contributed by atoms with van der Waals surface area (Å²) in [4.78, 5) is 2.22. The first kappa shape index (κ1) is 15.9. The summed E-state index contributed by atoms with van der Waals surface area (Å²) < 4.78 is 5.53. The number of aliphatic hydroxyl groups is 2. The molecule has 1 fully saturated rings. The second-order valence-corrected chi connectivity index (χ2v) is 5.34. The van der Waals surface area contributed by atoms with E-state index in [9.17, 15) is 5.11 Å². The molecule has 0 saturated carbocycles. The molecule has 114 valence electrons. The SMILES string of the molecule is N#Cc1ccc(C(O)CN2CCC(OCCO)CC2)cc1. The first-order valence-corrected chi connectivity index (χ1v) is 7.36. The number of likely N-dealkylation sites (tertiary alicyclic amines) is 1. The van der Waals surface area contributed by atoms with Crippen LogP contribution in [0.4, 0.5) is 0 Å². The molecule has 0 aromatic heterocycles. The molecule has 5 heteroatoms. The zero-order valence-electron chi connectivity index (χ0n) is 12.1. The zero-order valence-corrected chi connectivity index (χ0v) is 12.1. The lowest BCUT2D eigenvalue weighted by atomic mass is 10.0. The van der Waals surface area contributed by atoms with E-state index in [1.807, 2.05) is 0 Å². The van der Waals surface area contributed by atoms with Gasteiger partial charge in [0.1, 0.15) is 0 Å². The molecule has 0 aliphatic carbocycles. The second-order valence-electron chi connectivity index (χ2n) is 5.34. The van der Waals surface area contributed by atoms with Crippen molar-refractivity contribution in [3.63, 3.8) is 0 Å². The summed E-state index contributed by atoms with van der Waals surface area (Å²) in [5, 5.41) is 27.8. The Morgan fingerprint density at radius 2 is 1.95 bits per heavy atom. The lowest BCUT2D eigenvalue weighted by molar-refractivity contribution is -0.0149. The van der Waals surface area contributed by atoms with Gasteiger partial charge in [-0.05, 0) is 30.5 Å². The van der Waals surface area contributed by atoms with Crippen LogP contribution in [-0.2, 0) is 4.74 Å². The fourth-order valence-electron chi connectivity index (χ4n) is 2.61. The lowest BCUT2D eigenvalue weighted by Crippen LogP contribution is -2.39. The highest BCUT2D eigenvalue weighted by Crippen LogP contribution is 2.19. The van der Waals surface area contributed by atoms with Crippen molar-refractivity contribution in [2.75, 3.05) is 32.8 Å². The van der Waals surface area contributed by atoms with E-state index < -0.39 is 6.10 Å². The summed E-state index contributed by atoms with van der Waals surface area (Å²) in [6.07, 6.45) is 1.55. The number of nitriles is 1. The fourth-order valence-corrected chi connectivity index (χ4v) is 2.61. The standard InChI is InChI=1S/C16H22N2O3/c17-11-13-1-3-14(4-2-13)16(20)12-18-7-5-15(6-8-18)21-10-9-19/h1-4,15-16,19-20H,5-10,12H2. The van der Waals surface area contributed by atoms with Gasteiger partial charge in [0.2, 0.25) is 0 Å². The highest BCUT2D eigenvalue weighted by Gasteiger charge is 2.21. The quantitative estimate of drug-likeness (QED) is 0.819. The van der Waals surface area contributed by atoms with Crippen LogP contribution in [-0.4, -0.2) is 54.1 Å². The van der Waals surface area contributed by atoms with Crippen LogP contribution in [0, 0.1) is 11.3 Å². The molecule has 1 atom stereocenters. The summed E-state index contributed by atoms with van der Waals surface area (Å²) in [6, 6.07) is 9.14. The van der Waals surface area contributed by atoms with E-state index in [1.54, 1.807) is 24.3 Å². The maximum Gasteiger partial charge on any atom is 0.0991 e. The zero-order chi connectivity index (χ0) is 15.1. The van der Waals surface area contributed by atoms with Crippen LogP contribution in [0.15, 0.2) is 24.3 Å². The van der Waals surface area contributed by atoms with E-state index in [2.05, 4.69) is 11.0 Å². The predicted octanol–water partition coefficient (Wildman–Crippen LogP) is 1.06. The van der Waals surface area contributed by atoms with Gasteiger partial charge in [-0.2, -0.15) is 5.26 Å². The monoisotopic (exact) mass is 290 g/mol. The third-order valence-electron chi connectivity index (χ3n) is 3.84. The van der Waals surface area contributed by atoms with Crippen LogP contribution in [0.25, 0.3) is 0 Å². The van der Waals surface area contributed by atoms with E-state index in [-0.39, 0.29) is 12.7 Å². The van der Waals surface area contributed by atoms with Gasteiger partial charge < -0.3 is 19.8 Å². The smallest absolute Gasteiger partial charge is 0.0991 e. The van der Waals surface area contributed by atoms with Crippen molar-refractivity contribution in [1.29, 1.82) is 5.26 Å². The normalized spacial score (nSPS) is 18.3. The van der Waals surface area contributed by atoms with E-state index >= 15 is 0 Å². The van der Waals surface area contributed by atoms with Crippen molar-refractivity contribution in [3.8, 4) is 6.07 Å². The molecule has 2 N–H and O–H groups in total. The highest BCUT2D eigenvalue weighted by molar-refractivity contribution is 5.32. The molecule has 1 aromatic rings. The maximum absolute atomic E-state index is 10.3. The average Bonchev–Trinajstić information content (AvgIpc) is 2.54. The third kappa shape index (κ3) is 4.80. The number of nitrogens with zero attached hydrogens (tertiary/aromatic N) is 2. The molecular formula is C16H22N2O3. The number of hydrogen-bond acceptors (Lipinski definition) is 5. The molecule has 0 bridgehead atoms. The Kier molecular flexibility index (Phi) is 6.15. The van der Waals surface area contributed by atoms with Crippen molar-refractivity contribution >= 4 is 0 Å². The number of rotatable bonds is 6. The van der Waals surface area contributed by atoms with Crippen LogP contribution in [0.1, 0.15) is 30.1 Å². The first-order valence-electron chi connectivity index (χ1n) is 7.36. The molecular weight excluding hydrogens is 268 g/mol. The Bertz CT molecular complexity index is 461. The Morgan fingerprint density at radius 1 is 1.29 bits per heavy atom. The van der Waals surface area contributed by atoms with Gasteiger partial charge in [-0.25, -0.2) is 0 Å². The number of ether oxygens (including phenoxy) is 1. The van der Waals surface area contributed by atoms with Crippen molar-refractivity contribution in [2.24, 2.45) is 0 Å². The number of hydrogen-bond donors (Lipinski definition) is 2. The van der Waals surface area contributed by atoms with Crippen LogP contribution >= 0.6 is 0 Å². The summed E-state index contributed by atoms with van der Waals surface area (Å²) in [6.45, 7) is 2.85. The van der Waals surface area contributed by atoms with Gasteiger partial charge in [0.25, 0.3) is 0 Å². The summed E-state index contributed by atoms with van der Waals surface area (Å²) in [7, 11) is 0. The van der Waals surface area contributed by atoms with Crippen molar-refractivity contribution in [2.45, 2.75) is 25.0 Å². The van der Waals surface area contributed by atoms with Gasteiger partial charge in [0, 0.05) is 19.6 Å². The van der Waals surface area contributed by atoms with Crippen molar-refractivity contribution < 1.29 is 14.9 Å². The van der Waals surface area contributed by atoms with E-state index in [1.165, 1.54) is 0 Å². The second kappa shape index (κ2) is 8.11. The molecule has 1 aromatic carbocycles. The molecule has 1 saturated heterocycles. The topological polar surface area (TPSA) is 76.7 Å². The molecule has 0 amide bonds. The molecule has 0 radical (unpaired) electrons. The molecule has 1 unspecified atom stereocenters.